The van der Waals surface area contributed by atoms with Gasteiger partial charge in [-0.05, 0) is 58.3 Å². The Hall–Kier alpha value is -1.99. The predicted octanol–water partition coefficient (Wildman–Crippen LogP) is 5.04. The fourth-order valence-corrected chi connectivity index (χ4v) is 4.22. The highest BCUT2D eigenvalue weighted by Gasteiger charge is 2.29. The Morgan fingerprint density at radius 1 is 0.962 bits per heavy atom. The summed E-state index contributed by atoms with van der Waals surface area (Å²) in [6.07, 6.45) is 1.82. The number of benzene rings is 2. The zero-order valence-corrected chi connectivity index (χ0v) is 17.9. The second kappa shape index (κ2) is 7.32. The molecule has 1 aliphatic rings. The van der Waals surface area contributed by atoms with Crippen molar-refractivity contribution < 1.29 is 19.0 Å². The maximum atomic E-state index is 12.6. The van der Waals surface area contributed by atoms with Crippen molar-refractivity contribution in [3.05, 3.63) is 43.8 Å². The number of carbonyl (C=O) groups is 1. The van der Waals surface area contributed by atoms with E-state index >= 15 is 0 Å². The van der Waals surface area contributed by atoms with E-state index in [0.29, 0.717) is 22.8 Å². The van der Waals surface area contributed by atoms with Crippen molar-refractivity contribution in [1.82, 2.24) is 0 Å². The molecule has 1 N–H and O–H groups in total. The van der Waals surface area contributed by atoms with Crippen LogP contribution in [0.4, 0.5) is 5.69 Å². The molecule has 0 atom stereocenters. The highest BCUT2D eigenvalue weighted by atomic mass is 79.9. The second-order valence-corrected chi connectivity index (χ2v) is 7.39. The number of fused-ring (bicyclic) bond motifs is 1. The van der Waals surface area contributed by atoms with E-state index in [-0.39, 0.29) is 5.91 Å². The highest BCUT2D eigenvalue weighted by molar-refractivity contribution is 9.11. The second-order valence-electron chi connectivity index (χ2n) is 5.69. The number of hydrogen-bond acceptors (Lipinski definition) is 4. The van der Waals surface area contributed by atoms with E-state index in [1.165, 1.54) is 0 Å². The fraction of sp³-hybridized carbons (Fsp3) is 0.211. The first-order chi connectivity index (χ1) is 12.4. The largest absolute Gasteiger partial charge is 0.493 e. The standard InChI is InChI=1S/C19H17Br2NO4/c1-9-12(20)8-13(21)17-16(9)11(19(23)22-17)5-10-6-14(24-2)18(26-4)15(7-10)25-3/h5-8H,1-4H3,(H,22,23). The number of hydrogen-bond donors (Lipinski definition) is 1. The SMILES string of the molecule is COc1cc(C=C2C(=O)Nc3c(Br)cc(Br)c(C)c32)cc(OC)c1OC. The number of ether oxygens (including phenoxy) is 3. The van der Waals surface area contributed by atoms with Crippen LogP contribution in [0.5, 0.6) is 17.2 Å². The molecule has 0 fully saturated rings. The molecular formula is C19H17Br2NO4. The minimum Gasteiger partial charge on any atom is -0.493 e. The van der Waals surface area contributed by atoms with Crippen LogP contribution < -0.4 is 19.5 Å². The molecule has 1 heterocycles. The summed E-state index contributed by atoms with van der Waals surface area (Å²) >= 11 is 7.05. The molecule has 26 heavy (non-hydrogen) atoms. The van der Waals surface area contributed by atoms with Gasteiger partial charge in [-0.3, -0.25) is 4.79 Å². The average Bonchev–Trinajstić information content (AvgIpc) is 2.96. The van der Waals surface area contributed by atoms with Crippen molar-refractivity contribution in [2.75, 3.05) is 26.6 Å². The normalized spacial score (nSPS) is 14.2. The molecule has 0 radical (unpaired) electrons. The van der Waals surface area contributed by atoms with E-state index in [1.54, 1.807) is 21.3 Å². The maximum absolute atomic E-state index is 12.6. The van der Waals surface area contributed by atoms with Crippen molar-refractivity contribution in [3.63, 3.8) is 0 Å². The molecule has 1 aliphatic heterocycles. The molecular weight excluding hydrogens is 466 g/mol. The number of methoxy groups -OCH3 is 3. The van der Waals surface area contributed by atoms with E-state index in [4.69, 9.17) is 14.2 Å². The first-order valence-corrected chi connectivity index (χ1v) is 9.31. The van der Waals surface area contributed by atoms with Crippen molar-refractivity contribution in [2.24, 2.45) is 0 Å². The van der Waals surface area contributed by atoms with Crippen LogP contribution in [-0.4, -0.2) is 27.2 Å². The van der Waals surface area contributed by atoms with Gasteiger partial charge >= 0.3 is 0 Å². The van der Waals surface area contributed by atoms with Gasteiger partial charge in [-0.2, -0.15) is 0 Å². The van der Waals surface area contributed by atoms with Crippen LogP contribution in [-0.2, 0) is 4.79 Å². The van der Waals surface area contributed by atoms with Gasteiger partial charge < -0.3 is 19.5 Å². The molecule has 3 rings (SSSR count). The number of amides is 1. The lowest BCUT2D eigenvalue weighted by Crippen LogP contribution is -2.04. The van der Waals surface area contributed by atoms with Gasteiger partial charge in [0.1, 0.15) is 0 Å². The maximum Gasteiger partial charge on any atom is 0.256 e. The third-order valence-corrected chi connectivity index (χ3v) is 5.68. The van der Waals surface area contributed by atoms with Crippen molar-refractivity contribution in [3.8, 4) is 17.2 Å². The van der Waals surface area contributed by atoms with Crippen LogP contribution in [0.25, 0.3) is 11.6 Å². The van der Waals surface area contributed by atoms with Gasteiger partial charge in [-0.15, -0.1) is 0 Å². The lowest BCUT2D eigenvalue weighted by Gasteiger charge is -2.13. The van der Waals surface area contributed by atoms with E-state index in [9.17, 15) is 4.79 Å². The van der Waals surface area contributed by atoms with Crippen molar-refractivity contribution in [2.45, 2.75) is 6.92 Å². The van der Waals surface area contributed by atoms with E-state index < -0.39 is 0 Å². The minimum absolute atomic E-state index is 0.157. The van der Waals surface area contributed by atoms with Crippen LogP contribution in [0.3, 0.4) is 0 Å². The lowest BCUT2D eigenvalue weighted by molar-refractivity contribution is -0.110. The van der Waals surface area contributed by atoms with Gasteiger partial charge in [0.25, 0.3) is 5.91 Å². The first-order valence-electron chi connectivity index (χ1n) is 7.73. The fourth-order valence-electron chi connectivity index (χ4n) is 2.96. The van der Waals surface area contributed by atoms with E-state index in [2.05, 4.69) is 37.2 Å². The van der Waals surface area contributed by atoms with Crippen LogP contribution in [0.1, 0.15) is 16.7 Å². The molecule has 0 aliphatic carbocycles. The van der Waals surface area contributed by atoms with Gasteiger partial charge in [0.05, 0.1) is 27.0 Å². The summed E-state index contributed by atoms with van der Waals surface area (Å²) in [5, 5.41) is 2.92. The van der Waals surface area contributed by atoms with Gasteiger partial charge in [0.15, 0.2) is 11.5 Å². The molecule has 5 nitrogen and oxygen atoms in total. The summed E-state index contributed by atoms with van der Waals surface area (Å²) in [7, 11) is 4.67. The van der Waals surface area contributed by atoms with Crippen molar-refractivity contribution >= 4 is 55.1 Å². The molecule has 0 saturated carbocycles. The third kappa shape index (κ3) is 3.10. The summed E-state index contributed by atoms with van der Waals surface area (Å²) in [6, 6.07) is 5.54. The van der Waals surface area contributed by atoms with Gasteiger partial charge in [-0.1, -0.05) is 15.9 Å². The van der Waals surface area contributed by atoms with E-state index in [1.807, 2.05) is 31.2 Å². The van der Waals surface area contributed by atoms with Gasteiger partial charge in [-0.25, -0.2) is 0 Å². The summed E-state index contributed by atoms with van der Waals surface area (Å²) in [5.41, 5.74) is 3.97. The monoisotopic (exact) mass is 481 g/mol. The molecule has 0 bridgehead atoms. The van der Waals surface area contributed by atoms with Gasteiger partial charge in [0, 0.05) is 20.1 Å². The molecule has 0 aromatic heterocycles. The Balaban J connectivity index is 2.20. The first kappa shape index (κ1) is 18.8. The van der Waals surface area contributed by atoms with Crippen molar-refractivity contribution in [1.29, 1.82) is 0 Å². The Kier molecular flexibility index (Phi) is 5.29. The topological polar surface area (TPSA) is 56.8 Å². The Labute approximate surface area is 168 Å². The molecule has 2 aromatic rings. The molecule has 7 heteroatoms. The molecule has 136 valence electrons. The Morgan fingerprint density at radius 2 is 1.58 bits per heavy atom. The predicted molar refractivity (Wildman–Crippen MR) is 109 cm³/mol. The van der Waals surface area contributed by atoms with Crippen LogP contribution in [0.15, 0.2) is 27.1 Å². The summed E-state index contributed by atoms with van der Waals surface area (Å²) in [6.45, 7) is 1.97. The Morgan fingerprint density at radius 3 is 2.12 bits per heavy atom. The smallest absolute Gasteiger partial charge is 0.256 e. The van der Waals surface area contributed by atoms with Crippen LogP contribution in [0, 0.1) is 6.92 Å². The summed E-state index contributed by atoms with van der Waals surface area (Å²) < 4.78 is 17.9. The number of nitrogens with one attached hydrogen (secondary N) is 1. The minimum atomic E-state index is -0.157. The number of anilines is 1. The average molecular weight is 483 g/mol. The quantitative estimate of drug-likeness (QED) is 0.620. The third-order valence-electron chi connectivity index (χ3n) is 4.23. The Bertz CT molecular complexity index is 913. The van der Waals surface area contributed by atoms with Crippen LogP contribution >= 0.6 is 31.9 Å². The summed E-state index contributed by atoms with van der Waals surface area (Å²) in [5.74, 6) is 1.42. The highest BCUT2D eigenvalue weighted by Crippen LogP contribution is 2.44. The van der Waals surface area contributed by atoms with Gasteiger partial charge in [0.2, 0.25) is 5.75 Å². The molecule has 0 unspecified atom stereocenters. The lowest BCUT2D eigenvalue weighted by atomic mass is 9.99. The zero-order valence-electron chi connectivity index (χ0n) is 14.7. The number of carbonyl (C=O) groups excluding carboxylic acids is 1. The number of rotatable bonds is 4. The molecule has 1 amide bonds. The van der Waals surface area contributed by atoms with E-state index in [0.717, 1.165) is 31.3 Å². The molecule has 2 aromatic carbocycles. The number of halogens is 2. The van der Waals surface area contributed by atoms with Crippen LogP contribution in [0.2, 0.25) is 0 Å². The molecule has 0 saturated heterocycles. The summed E-state index contributed by atoms with van der Waals surface area (Å²) in [4.78, 5) is 12.6. The molecule has 0 spiro atoms. The zero-order chi connectivity index (χ0) is 19.0.